The molecule has 2 aromatic rings. The Kier molecular flexibility index (Phi) is 13.9. The number of ketones is 1. The second kappa shape index (κ2) is 18.0. The normalized spacial score (nSPS) is 19.7. The number of likely N-dealkylation sites (N-methyl/N-ethyl adjacent to an activating group) is 1. The van der Waals surface area contributed by atoms with E-state index in [9.17, 15) is 24.0 Å². The number of piperazine rings is 1. The van der Waals surface area contributed by atoms with E-state index in [4.69, 9.17) is 4.74 Å². The average Bonchev–Trinajstić information content (AvgIpc) is 3.84. The first-order chi connectivity index (χ1) is 23.4. The van der Waals surface area contributed by atoms with Gasteiger partial charge in [-0.2, -0.15) is 0 Å². The van der Waals surface area contributed by atoms with Crippen LogP contribution >= 0.6 is 0 Å². The van der Waals surface area contributed by atoms with E-state index in [1.807, 2.05) is 81.6 Å². The standard InChI is InChI=1S/C37H52N6O6/c1-26(2)21-30(36(48)41-31(22-28-13-9-6-10-14-28)34(46)38-23-32(44)37(3)25-49-37)40-35(47)29(16-15-27-11-7-5-8-12-27)39-33(45)24-43-19-17-42(4)18-20-43/h5-14,26,29-31H,15-25H2,1-4H3,(H,38,46)(H,39,45)(H,40,47)(H,41,48)/t29-,30-,31-,37+/m0/s1. The van der Waals surface area contributed by atoms with Gasteiger partial charge in [-0.3, -0.25) is 28.9 Å². The fraction of sp³-hybridized carbons (Fsp3) is 0.541. The first-order valence-electron chi connectivity index (χ1n) is 17.3. The van der Waals surface area contributed by atoms with Crippen LogP contribution in [0.4, 0.5) is 0 Å². The molecule has 4 rings (SSSR count). The van der Waals surface area contributed by atoms with E-state index in [-0.39, 0.29) is 37.1 Å². The Morgan fingerprint density at radius 2 is 1.35 bits per heavy atom. The zero-order valence-corrected chi connectivity index (χ0v) is 29.2. The van der Waals surface area contributed by atoms with Crippen molar-refractivity contribution in [1.82, 2.24) is 31.1 Å². The topological polar surface area (TPSA) is 152 Å². The van der Waals surface area contributed by atoms with Gasteiger partial charge in [-0.25, -0.2) is 0 Å². The van der Waals surface area contributed by atoms with Crippen molar-refractivity contribution in [3.8, 4) is 0 Å². The Balaban J connectivity index is 1.45. The highest BCUT2D eigenvalue weighted by atomic mass is 16.6. The van der Waals surface area contributed by atoms with E-state index in [0.717, 1.165) is 37.3 Å². The summed E-state index contributed by atoms with van der Waals surface area (Å²) in [5, 5.41) is 11.3. The second-order valence-electron chi connectivity index (χ2n) is 13.8. The van der Waals surface area contributed by atoms with E-state index >= 15 is 0 Å². The molecule has 0 spiro atoms. The molecule has 0 unspecified atom stereocenters. The monoisotopic (exact) mass is 676 g/mol. The molecule has 266 valence electrons. The molecule has 2 aromatic carbocycles. The van der Waals surface area contributed by atoms with Crippen LogP contribution in [0.1, 0.15) is 44.7 Å². The molecular weight excluding hydrogens is 624 g/mol. The van der Waals surface area contributed by atoms with Crippen molar-refractivity contribution >= 4 is 29.4 Å². The van der Waals surface area contributed by atoms with Crippen molar-refractivity contribution in [2.75, 3.05) is 52.9 Å². The van der Waals surface area contributed by atoms with Gasteiger partial charge in [-0.05, 0) is 50.3 Å². The largest absolute Gasteiger partial charge is 0.362 e. The number of benzene rings is 2. The van der Waals surface area contributed by atoms with Gasteiger partial charge in [0.15, 0.2) is 5.78 Å². The third-order valence-electron chi connectivity index (χ3n) is 9.03. The van der Waals surface area contributed by atoms with Crippen LogP contribution in [-0.2, 0) is 41.6 Å². The van der Waals surface area contributed by atoms with Gasteiger partial charge in [0.25, 0.3) is 0 Å². The highest BCUT2D eigenvalue weighted by Gasteiger charge is 2.46. The lowest BCUT2D eigenvalue weighted by atomic mass is 9.99. The van der Waals surface area contributed by atoms with Crippen LogP contribution in [0.25, 0.3) is 0 Å². The molecule has 0 bridgehead atoms. The maximum absolute atomic E-state index is 13.9. The molecule has 2 saturated heterocycles. The number of ether oxygens (including phenoxy) is 1. The molecule has 2 heterocycles. The summed E-state index contributed by atoms with van der Waals surface area (Å²) in [4.78, 5) is 71.0. The summed E-state index contributed by atoms with van der Waals surface area (Å²) < 4.78 is 5.20. The van der Waals surface area contributed by atoms with Crippen LogP contribution in [0.3, 0.4) is 0 Å². The minimum absolute atomic E-state index is 0.0314. The number of nitrogens with zero attached hydrogens (tertiary/aromatic N) is 2. The Morgan fingerprint density at radius 1 is 0.776 bits per heavy atom. The third-order valence-corrected chi connectivity index (χ3v) is 9.03. The Hall–Kier alpha value is -4.13. The maximum Gasteiger partial charge on any atom is 0.243 e. The van der Waals surface area contributed by atoms with Crippen LogP contribution in [0.2, 0.25) is 0 Å². The average molecular weight is 677 g/mol. The molecule has 49 heavy (non-hydrogen) atoms. The van der Waals surface area contributed by atoms with E-state index in [1.165, 1.54) is 0 Å². The number of carbonyl (C=O) groups is 5. The lowest BCUT2D eigenvalue weighted by Gasteiger charge is -2.32. The Labute approximate surface area is 289 Å². The zero-order valence-electron chi connectivity index (χ0n) is 29.2. The molecule has 0 aromatic heterocycles. The number of epoxide rings is 1. The number of rotatable bonds is 18. The van der Waals surface area contributed by atoms with Gasteiger partial charge in [0.2, 0.25) is 23.6 Å². The predicted molar refractivity (Wildman–Crippen MR) is 186 cm³/mol. The molecule has 12 heteroatoms. The van der Waals surface area contributed by atoms with Gasteiger partial charge in [-0.1, -0.05) is 74.5 Å². The van der Waals surface area contributed by atoms with Crippen LogP contribution in [0, 0.1) is 5.92 Å². The highest BCUT2D eigenvalue weighted by Crippen LogP contribution is 2.26. The van der Waals surface area contributed by atoms with Crippen LogP contribution in [-0.4, -0.2) is 116 Å². The maximum atomic E-state index is 13.9. The number of Topliss-reactive ketones (excluding diaryl/α,β-unsaturated/α-hetero) is 1. The fourth-order valence-electron chi connectivity index (χ4n) is 5.73. The van der Waals surface area contributed by atoms with Crippen LogP contribution < -0.4 is 21.3 Å². The van der Waals surface area contributed by atoms with Gasteiger partial charge in [0.05, 0.1) is 19.7 Å². The summed E-state index contributed by atoms with van der Waals surface area (Å²) in [6.07, 6.45) is 1.39. The van der Waals surface area contributed by atoms with Crippen LogP contribution in [0.5, 0.6) is 0 Å². The van der Waals surface area contributed by atoms with E-state index in [0.29, 0.717) is 25.9 Å². The highest BCUT2D eigenvalue weighted by molar-refractivity contribution is 5.97. The number of hydrogen-bond donors (Lipinski definition) is 4. The molecule has 12 nitrogen and oxygen atoms in total. The van der Waals surface area contributed by atoms with Gasteiger partial charge in [-0.15, -0.1) is 0 Å². The zero-order chi connectivity index (χ0) is 35.4. The van der Waals surface area contributed by atoms with E-state index < -0.39 is 41.4 Å². The number of carbonyl (C=O) groups excluding carboxylic acids is 5. The second-order valence-corrected chi connectivity index (χ2v) is 13.8. The summed E-state index contributed by atoms with van der Waals surface area (Å²) >= 11 is 0. The van der Waals surface area contributed by atoms with Crippen molar-refractivity contribution in [2.45, 2.75) is 70.2 Å². The predicted octanol–water partition coefficient (Wildman–Crippen LogP) is 1.08. The minimum atomic E-state index is -1.00. The van der Waals surface area contributed by atoms with Crippen molar-refractivity contribution in [1.29, 1.82) is 0 Å². The summed E-state index contributed by atoms with van der Waals surface area (Å²) in [5.41, 5.74) is 0.968. The van der Waals surface area contributed by atoms with Crippen molar-refractivity contribution in [3.05, 3.63) is 71.8 Å². The Morgan fingerprint density at radius 3 is 1.94 bits per heavy atom. The lowest BCUT2D eigenvalue weighted by Crippen LogP contribution is -2.58. The smallest absolute Gasteiger partial charge is 0.243 e. The number of nitrogens with one attached hydrogen (secondary N) is 4. The molecule has 4 N–H and O–H groups in total. The molecule has 0 aliphatic carbocycles. The van der Waals surface area contributed by atoms with Crippen molar-refractivity contribution < 1.29 is 28.7 Å². The lowest BCUT2D eigenvalue weighted by molar-refractivity contribution is -0.134. The molecule has 4 amide bonds. The summed E-state index contributed by atoms with van der Waals surface area (Å²) in [7, 11) is 2.05. The SMILES string of the molecule is CC(C)C[C@H](NC(=O)[C@H](CCc1ccccc1)NC(=O)CN1CCN(C)CC1)C(=O)N[C@@H](Cc1ccccc1)C(=O)NCC(=O)[C@@]1(C)CO1. The summed E-state index contributed by atoms with van der Waals surface area (Å²) in [6, 6.07) is 16.1. The first kappa shape index (κ1) is 37.7. The van der Waals surface area contributed by atoms with Gasteiger partial charge in [0, 0.05) is 32.6 Å². The molecular formula is C37H52N6O6. The molecule has 2 fully saturated rings. The van der Waals surface area contributed by atoms with Crippen molar-refractivity contribution in [3.63, 3.8) is 0 Å². The van der Waals surface area contributed by atoms with Gasteiger partial charge < -0.3 is 30.9 Å². The first-order valence-corrected chi connectivity index (χ1v) is 17.3. The van der Waals surface area contributed by atoms with Gasteiger partial charge in [0.1, 0.15) is 23.7 Å². The molecule has 2 aliphatic rings. The minimum Gasteiger partial charge on any atom is -0.362 e. The molecule has 2 aliphatic heterocycles. The summed E-state index contributed by atoms with van der Waals surface area (Å²) in [5.74, 6) is -1.96. The molecule has 4 atom stereocenters. The third kappa shape index (κ3) is 12.4. The number of amides is 4. The van der Waals surface area contributed by atoms with Gasteiger partial charge >= 0.3 is 0 Å². The fourth-order valence-corrected chi connectivity index (χ4v) is 5.73. The quantitative estimate of drug-likeness (QED) is 0.171. The molecule has 0 radical (unpaired) electrons. The number of hydrogen-bond acceptors (Lipinski definition) is 8. The summed E-state index contributed by atoms with van der Waals surface area (Å²) in [6.45, 7) is 9.09. The Bertz CT molecular complexity index is 1410. The number of aryl methyl sites for hydroxylation is 1. The molecule has 0 saturated carbocycles. The van der Waals surface area contributed by atoms with E-state index in [1.54, 1.807) is 6.92 Å². The van der Waals surface area contributed by atoms with Crippen molar-refractivity contribution in [2.24, 2.45) is 5.92 Å². The van der Waals surface area contributed by atoms with Crippen LogP contribution in [0.15, 0.2) is 60.7 Å². The van der Waals surface area contributed by atoms with E-state index in [2.05, 4.69) is 31.1 Å².